The van der Waals surface area contributed by atoms with Gasteiger partial charge in [-0.05, 0) is 44.4 Å². The largest absolute Gasteiger partial charge is 0.492 e. The fourth-order valence-electron chi connectivity index (χ4n) is 1.53. The van der Waals surface area contributed by atoms with Gasteiger partial charge in [-0.3, -0.25) is 0 Å². The van der Waals surface area contributed by atoms with E-state index in [2.05, 4.69) is 5.32 Å². The molecule has 1 aromatic rings. The van der Waals surface area contributed by atoms with Gasteiger partial charge in [0.15, 0.2) is 0 Å². The van der Waals surface area contributed by atoms with Gasteiger partial charge in [0.2, 0.25) is 0 Å². The van der Waals surface area contributed by atoms with Crippen molar-refractivity contribution in [3.63, 3.8) is 0 Å². The van der Waals surface area contributed by atoms with Crippen molar-refractivity contribution in [1.29, 1.82) is 0 Å². The molecular formula is C13H20ClNO2. The van der Waals surface area contributed by atoms with Crippen molar-refractivity contribution in [2.24, 2.45) is 0 Å². The van der Waals surface area contributed by atoms with Gasteiger partial charge in [0.25, 0.3) is 0 Å². The molecule has 0 bridgehead atoms. The van der Waals surface area contributed by atoms with Crippen LogP contribution in [0.2, 0.25) is 5.02 Å². The number of halogens is 1. The van der Waals surface area contributed by atoms with Crippen LogP contribution in [0, 0.1) is 0 Å². The molecule has 1 rings (SSSR count). The van der Waals surface area contributed by atoms with Gasteiger partial charge in [-0.15, -0.1) is 0 Å². The molecule has 0 aliphatic heterocycles. The van der Waals surface area contributed by atoms with Crippen molar-refractivity contribution in [1.82, 2.24) is 0 Å². The smallest absolute Gasteiger partial charge is 0.138 e. The number of anilines is 1. The molecule has 0 amide bonds. The predicted octanol–water partition coefficient (Wildman–Crippen LogP) is 3.31. The number of benzene rings is 1. The third kappa shape index (κ3) is 5.29. The first-order valence-corrected chi connectivity index (χ1v) is 6.42. The molecule has 17 heavy (non-hydrogen) atoms. The summed E-state index contributed by atoms with van der Waals surface area (Å²) < 4.78 is 5.36. The van der Waals surface area contributed by atoms with Gasteiger partial charge < -0.3 is 15.2 Å². The van der Waals surface area contributed by atoms with E-state index in [1.165, 1.54) is 0 Å². The fraction of sp³-hybridized carbons (Fsp3) is 0.538. The van der Waals surface area contributed by atoms with Crippen LogP contribution in [0.25, 0.3) is 0 Å². The van der Waals surface area contributed by atoms with E-state index in [-0.39, 0.29) is 6.61 Å². The van der Waals surface area contributed by atoms with Crippen LogP contribution in [0.5, 0.6) is 5.75 Å². The first-order valence-electron chi connectivity index (χ1n) is 6.05. The van der Waals surface area contributed by atoms with E-state index in [9.17, 15) is 0 Å². The predicted molar refractivity (Wildman–Crippen MR) is 72.0 cm³/mol. The second-order valence-corrected chi connectivity index (χ2v) is 4.20. The molecule has 3 nitrogen and oxygen atoms in total. The van der Waals surface area contributed by atoms with Crippen molar-refractivity contribution in [3.8, 4) is 5.75 Å². The maximum absolute atomic E-state index is 8.65. The average Bonchev–Trinajstić information content (AvgIpc) is 2.32. The number of aliphatic hydroxyl groups excluding tert-OH is 1. The zero-order valence-corrected chi connectivity index (χ0v) is 11.0. The average molecular weight is 258 g/mol. The molecule has 0 radical (unpaired) electrons. The Morgan fingerprint density at radius 3 is 2.76 bits per heavy atom. The minimum Gasteiger partial charge on any atom is -0.492 e. The number of nitrogens with one attached hydrogen (secondary N) is 1. The summed E-state index contributed by atoms with van der Waals surface area (Å²) in [4.78, 5) is 0. The molecule has 2 N–H and O–H groups in total. The highest BCUT2D eigenvalue weighted by atomic mass is 35.5. The number of rotatable bonds is 8. The summed E-state index contributed by atoms with van der Waals surface area (Å²) in [7, 11) is 0. The van der Waals surface area contributed by atoms with Crippen molar-refractivity contribution in [2.45, 2.75) is 26.2 Å². The van der Waals surface area contributed by atoms with Crippen LogP contribution in [-0.2, 0) is 0 Å². The minimum atomic E-state index is 0.273. The van der Waals surface area contributed by atoms with Gasteiger partial charge in [0.1, 0.15) is 5.75 Å². The van der Waals surface area contributed by atoms with E-state index in [0.29, 0.717) is 11.6 Å². The number of unbranched alkanes of at least 4 members (excludes halogenated alkanes) is 2. The maximum atomic E-state index is 8.65. The van der Waals surface area contributed by atoms with Crippen LogP contribution in [0.15, 0.2) is 18.2 Å². The monoisotopic (exact) mass is 257 g/mol. The Labute approximate surface area is 108 Å². The molecule has 0 saturated carbocycles. The molecule has 0 spiro atoms. The van der Waals surface area contributed by atoms with Crippen molar-refractivity contribution >= 4 is 17.3 Å². The minimum absolute atomic E-state index is 0.273. The quantitative estimate of drug-likeness (QED) is 0.702. The van der Waals surface area contributed by atoms with Crippen molar-refractivity contribution < 1.29 is 9.84 Å². The van der Waals surface area contributed by atoms with E-state index in [0.717, 1.165) is 37.2 Å². The highest BCUT2D eigenvalue weighted by Crippen LogP contribution is 2.27. The van der Waals surface area contributed by atoms with Gasteiger partial charge in [-0.2, -0.15) is 0 Å². The molecule has 0 aliphatic carbocycles. The van der Waals surface area contributed by atoms with Gasteiger partial charge in [-0.1, -0.05) is 11.6 Å². The SMILES string of the molecule is CCOc1ccc(NCCCCCO)cc1Cl. The molecule has 0 fully saturated rings. The Morgan fingerprint density at radius 2 is 2.12 bits per heavy atom. The Morgan fingerprint density at radius 1 is 1.29 bits per heavy atom. The normalized spacial score (nSPS) is 10.3. The second-order valence-electron chi connectivity index (χ2n) is 3.79. The van der Waals surface area contributed by atoms with Crippen molar-refractivity contribution in [3.05, 3.63) is 23.2 Å². The molecule has 0 unspecified atom stereocenters. The summed E-state index contributed by atoms with van der Waals surface area (Å²) in [6.45, 7) is 3.72. The fourth-order valence-corrected chi connectivity index (χ4v) is 1.76. The van der Waals surface area contributed by atoms with Crippen LogP contribution in [-0.4, -0.2) is 24.9 Å². The molecule has 0 atom stereocenters. The molecule has 0 heterocycles. The standard InChI is InChI=1S/C13H20ClNO2/c1-2-17-13-7-6-11(10-12(13)14)15-8-4-3-5-9-16/h6-7,10,15-16H,2-5,8-9H2,1H3. The van der Waals surface area contributed by atoms with Gasteiger partial charge in [0.05, 0.1) is 11.6 Å². The zero-order valence-electron chi connectivity index (χ0n) is 10.2. The lowest BCUT2D eigenvalue weighted by Crippen LogP contribution is -2.02. The second kappa shape index (κ2) is 8.20. The summed E-state index contributed by atoms with van der Waals surface area (Å²) >= 11 is 6.07. The maximum Gasteiger partial charge on any atom is 0.138 e. The third-order valence-corrected chi connectivity index (χ3v) is 2.69. The summed E-state index contributed by atoms with van der Waals surface area (Å²) in [6.07, 6.45) is 2.95. The van der Waals surface area contributed by atoms with Crippen LogP contribution >= 0.6 is 11.6 Å². The van der Waals surface area contributed by atoms with Gasteiger partial charge in [-0.25, -0.2) is 0 Å². The molecule has 0 aliphatic rings. The number of hydrogen-bond acceptors (Lipinski definition) is 3. The Hall–Kier alpha value is -0.930. The Balaban J connectivity index is 2.36. The van der Waals surface area contributed by atoms with Crippen LogP contribution in [0.1, 0.15) is 26.2 Å². The Bertz CT molecular complexity index is 331. The summed E-state index contributed by atoms with van der Waals surface area (Å²) in [5.74, 6) is 0.722. The first kappa shape index (κ1) is 14.1. The Kier molecular flexibility index (Phi) is 6.82. The summed E-state index contributed by atoms with van der Waals surface area (Å²) in [5, 5.41) is 12.6. The molecule has 0 aromatic heterocycles. The summed E-state index contributed by atoms with van der Waals surface area (Å²) in [5.41, 5.74) is 1.00. The number of aliphatic hydroxyl groups is 1. The molecule has 1 aromatic carbocycles. The van der Waals surface area contributed by atoms with E-state index >= 15 is 0 Å². The van der Waals surface area contributed by atoms with Crippen molar-refractivity contribution in [2.75, 3.05) is 25.1 Å². The topological polar surface area (TPSA) is 41.5 Å². The van der Waals surface area contributed by atoms with Crippen LogP contribution < -0.4 is 10.1 Å². The van der Waals surface area contributed by atoms with Gasteiger partial charge >= 0.3 is 0 Å². The van der Waals surface area contributed by atoms with E-state index in [1.807, 2.05) is 25.1 Å². The molecule has 4 heteroatoms. The number of hydrogen-bond donors (Lipinski definition) is 2. The molecule has 0 saturated heterocycles. The lowest BCUT2D eigenvalue weighted by Gasteiger charge is -2.09. The molecular weight excluding hydrogens is 238 g/mol. The highest BCUT2D eigenvalue weighted by molar-refractivity contribution is 6.32. The summed E-state index contributed by atoms with van der Waals surface area (Å²) in [6, 6.07) is 5.71. The van der Waals surface area contributed by atoms with Crippen LogP contribution in [0.3, 0.4) is 0 Å². The number of ether oxygens (including phenoxy) is 1. The third-order valence-electron chi connectivity index (χ3n) is 2.40. The lowest BCUT2D eigenvalue weighted by molar-refractivity contribution is 0.283. The lowest BCUT2D eigenvalue weighted by atomic mass is 10.2. The molecule has 96 valence electrons. The van der Waals surface area contributed by atoms with E-state index in [4.69, 9.17) is 21.4 Å². The van der Waals surface area contributed by atoms with Crippen LogP contribution in [0.4, 0.5) is 5.69 Å². The van der Waals surface area contributed by atoms with E-state index in [1.54, 1.807) is 0 Å². The highest BCUT2D eigenvalue weighted by Gasteiger charge is 2.01. The zero-order chi connectivity index (χ0) is 12.5. The first-order chi connectivity index (χ1) is 8.27. The van der Waals surface area contributed by atoms with Gasteiger partial charge in [0, 0.05) is 18.8 Å². The van der Waals surface area contributed by atoms with E-state index < -0.39 is 0 Å².